The van der Waals surface area contributed by atoms with Crippen molar-refractivity contribution in [2.24, 2.45) is 0 Å². The van der Waals surface area contributed by atoms with Crippen molar-refractivity contribution in [1.82, 2.24) is 5.32 Å². The van der Waals surface area contributed by atoms with Crippen LogP contribution >= 0.6 is 0 Å². The molecule has 2 aromatic carbocycles. The topological polar surface area (TPSA) is 131 Å². The van der Waals surface area contributed by atoms with E-state index in [2.05, 4.69) is 5.32 Å². The van der Waals surface area contributed by atoms with E-state index in [9.17, 15) is 24.5 Å². The molecule has 0 fully saturated rings. The Bertz CT molecular complexity index is 984. The van der Waals surface area contributed by atoms with E-state index in [1.54, 1.807) is 48.5 Å². The van der Waals surface area contributed by atoms with Crippen molar-refractivity contribution < 1.29 is 38.6 Å². The van der Waals surface area contributed by atoms with Crippen LogP contribution in [0.5, 0.6) is 5.75 Å². The minimum Gasteiger partial charge on any atom is -0.534 e. The molecule has 1 aliphatic heterocycles. The van der Waals surface area contributed by atoms with Crippen LogP contribution in [0.3, 0.4) is 0 Å². The van der Waals surface area contributed by atoms with Gasteiger partial charge >= 0.3 is 13.1 Å². The lowest BCUT2D eigenvalue weighted by atomic mass is 9.72. The molecule has 33 heavy (non-hydrogen) atoms. The number of hydrogen-bond acceptors (Lipinski definition) is 8. The number of rotatable bonds is 10. The summed E-state index contributed by atoms with van der Waals surface area (Å²) in [5.41, 5.74) is 1.28. The van der Waals surface area contributed by atoms with Gasteiger partial charge in [-0.25, -0.2) is 4.79 Å². The highest BCUT2D eigenvalue weighted by Crippen LogP contribution is 2.34. The van der Waals surface area contributed by atoms with Gasteiger partial charge in [0.05, 0.1) is 11.5 Å². The highest BCUT2D eigenvalue weighted by molar-refractivity contribution is 6.46. The van der Waals surface area contributed by atoms with Gasteiger partial charge < -0.3 is 34.4 Å². The van der Waals surface area contributed by atoms with Crippen molar-refractivity contribution in [2.75, 3.05) is 6.79 Å². The Hall–Kier alpha value is -3.21. The quantitative estimate of drug-likeness (QED) is 0.280. The zero-order valence-corrected chi connectivity index (χ0v) is 18.2. The predicted octanol–water partition coefficient (Wildman–Crippen LogP) is 1.71. The lowest BCUT2D eigenvalue weighted by Crippen LogP contribution is -2.53. The first-order valence-electron chi connectivity index (χ1n) is 10.6. The second kappa shape index (κ2) is 11.6. The number of aliphatic hydroxyl groups is 1. The average molecular weight is 455 g/mol. The van der Waals surface area contributed by atoms with Gasteiger partial charge in [-0.1, -0.05) is 36.4 Å². The Morgan fingerprint density at radius 1 is 1.15 bits per heavy atom. The number of fused-ring (bicyclic) bond motifs is 1. The van der Waals surface area contributed by atoms with Crippen LogP contribution in [0.25, 0.3) is 0 Å². The summed E-state index contributed by atoms with van der Waals surface area (Å²) in [6.45, 7) is 0.983. The minimum absolute atomic E-state index is 0.0147. The third-order valence-electron chi connectivity index (χ3n) is 5.12. The number of nitrogens with one attached hydrogen (secondary N) is 1. The summed E-state index contributed by atoms with van der Waals surface area (Å²) in [6, 6.07) is 13.4. The SMILES string of the molecule is CC(=O)CCCC(=O)N[C@H]1Cc2cccc(C(O)OCOC(=O)c3ccccc3)c2OB1O. The minimum atomic E-state index is -1.46. The fourth-order valence-corrected chi connectivity index (χ4v) is 3.44. The zero-order chi connectivity index (χ0) is 23.8. The average Bonchev–Trinajstić information content (AvgIpc) is 2.79. The van der Waals surface area contributed by atoms with Gasteiger partial charge in [-0.05, 0) is 37.5 Å². The Labute approximate surface area is 191 Å². The maximum absolute atomic E-state index is 12.1. The molecule has 0 radical (unpaired) electrons. The van der Waals surface area contributed by atoms with E-state index in [0.29, 0.717) is 24.0 Å². The molecule has 0 aromatic heterocycles. The van der Waals surface area contributed by atoms with E-state index >= 15 is 0 Å². The second-order valence-electron chi connectivity index (χ2n) is 7.71. The van der Waals surface area contributed by atoms with Crippen LogP contribution in [-0.4, -0.2) is 47.6 Å². The first-order valence-corrected chi connectivity index (χ1v) is 10.6. The van der Waals surface area contributed by atoms with Crippen LogP contribution in [0.4, 0.5) is 0 Å². The number of ether oxygens (including phenoxy) is 2. The highest BCUT2D eigenvalue weighted by atomic mass is 16.7. The van der Waals surface area contributed by atoms with Gasteiger partial charge in [0.1, 0.15) is 11.5 Å². The van der Waals surface area contributed by atoms with Gasteiger partial charge in [-0.2, -0.15) is 0 Å². The molecule has 1 aliphatic rings. The molecule has 1 heterocycles. The van der Waals surface area contributed by atoms with Crippen LogP contribution in [0.1, 0.15) is 54.0 Å². The number of aliphatic hydroxyl groups excluding tert-OH is 1. The lowest BCUT2D eigenvalue weighted by molar-refractivity contribution is -0.157. The van der Waals surface area contributed by atoms with Crippen molar-refractivity contribution in [2.45, 2.75) is 44.8 Å². The molecular weight excluding hydrogens is 429 g/mol. The van der Waals surface area contributed by atoms with Gasteiger partial charge in [0.15, 0.2) is 13.1 Å². The summed E-state index contributed by atoms with van der Waals surface area (Å²) >= 11 is 0. The predicted molar refractivity (Wildman–Crippen MR) is 118 cm³/mol. The molecule has 3 rings (SSSR count). The molecule has 0 saturated heterocycles. The van der Waals surface area contributed by atoms with Crippen LogP contribution < -0.4 is 9.97 Å². The van der Waals surface area contributed by atoms with Gasteiger partial charge in [-0.3, -0.25) is 4.79 Å². The van der Waals surface area contributed by atoms with Gasteiger partial charge in [0.25, 0.3) is 0 Å². The molecule has 1 amide bonds. The largest absolute Gasteiger partial charge is 0.547 e. The van der Waals surface area contributed by atoms with E-state index in [1.165, 1.54) is 6.92 Å². The Morgan fingerprint density at radius 3 is 2.64 bits per heavy atom. The monoisotopic (exact) mass is 455 g/mol. The maximum atomic E-state index is 12.1. The molecule has 174 valence electrons. The van der Waals surface area contributed by atoms with Gasteiger partial charge in [0.2, 0.25) is 5.91 Å². The van der Waals surface area contributed by atoms with E-state index < -0.39 is 32.1 Å². The summed E-state index contributed by atoms with van der Waals surface area (Å²) in [5.74, 6) is -1.30. The van der Waals surface area contributed by atoms with E-state index in [0.717, 1.165) is 0 Å². The third kappa shape index (κ3) is 6.89. The molecule has 0 bridgehead atoms. The molecule has 3 N–H and O–H groups in total. The number of carbonyl (C=O) groups excluding carboxylic acids is 3. The van der Waals surface area contributed by atoms with Crippen LogP contribution in [0.2, 0.25) is 0 Å². The number of para-hydroxylation sites is 1. The van der Waals surface area contributed by atoms with E-state index in [1.807, 2.05) is 0 Å². The molecule has 0 spiro atoms. The number of hydrogen-bond donors (Lipinski definition) is 3. The summed E-state index contributed by atoms with van der Waals surface area (Å²) in [7, 11) is -1.33. The second-order valence-corrected chi connectivity index (χ2v) is 7.71. The molecule has 2 aromatic rings. The Morgan fingerprint density at radius 2 is 1.91 bits per heavy atom. The van der Waals surface area contributed by atoms with Gasteiger partial charge in [0, 0.05) is 18.4 Å². The lowest BCUT2D eigenvalue weighted by Gasteiger charge is -2.30. The molecule has 9 nitrogen and oxygen atoms in total. The van der Waals surface area contributed by atoms with Crippen molar-refractivity contribution in [1.29, 1.82) is 0 Å². The van der Waals surface area contributed by atoms with E-state index in [4.69, 9.17) is 14.1 Å². The molecule has 0 saturated carbocycles. The summed E-state index contributed by atoms with van der Waals surface area (Å²) in [4.78, 5) is 35.1. The Balaban J connectivity index is 1.56. The maximum Gasteiger partial charge on any atom is 0.547 e. The molecular formula is C23H26BNO8. The molecule has 0 aliphatic carbocycles. The van der Waals surface area contributed by atoms with E-state index in [-0.39, 0.29) is 35.8 Å². The number of Topliss-reactive ketones (excluding diaryl/α,β-unsaturated/α-hetero) is 1. The number of amides is 1. The molecule has 10 heteroatoms. The van der Waals surface area contributed by atoms with Crippen LogP contribution in [0, 0.1) is 0 Å². The third-order valence-corrected chi connectivity index (χ3v) is 5.12. The number of carbonyl (C=O) groups is 3. The fourth-order valence-electron chi connectivity index (χ4n) is 3.44. The fraction of sp³-hybridized carbons (Fsp3) is 0.348. The van der Waals surface area contributed by atoms with Gasteiger partial charge in [-0.15, -0.1) is 0 Å². The standard InChI is InChI=1S/C23H26BNO8/c1-15(26)7-5-12-20(27)25-19-13-17-10-6-11-18(21(17)33-24(19)30)23(29)32-14-31-22(28)16-8-3-2-4-9-16/h2-4,6,8-11,19,23,29-30H,5,7,12-14H2,1H3,(H,25,27)/t19-,23?/m0/s1. The molecule has 2 atom stereocenters. The number of benzene rings is 2. The summed E-state index contributed by atoms with van der Waals surface area (Å²) in [5, 5.41) is 23.5. The van der Waals surface area contributed by atoms with Crippen LogP contribution in [-0.2, 0) is 25.5 Å². The normalized spacial score (nSPS) is 15.7. The number of esters is 1. The highest BCUT2D eigenvalue weighted by Gasteiger charge is 2.37. The van der Waals surface area contributed by atoms with Crippen molar-refractivity contribution in [3.05, 3.63) is 65.2 Å². The van der Waals surface area contributed by atoms with Crippen LogP contribution in [0.15, 0.2) is 48.5 Å². The van der Waals surface area contributed by atoms with Crippen molar-refractivity contribution in [3.8, 4) is 5.75 Å². The van der Waals surface area contributed by atoms with Crippen molar-refractivity contribution in [3.63, 3.8) is 0 Å². The number of ketones is 1. The first-order chi connectivity index (χ1) is 15.8. The first kappa shape index (κ1) is 24.4. The summed E-state index contributed by atoms with van der Waals surface area (Å²) < 4.78 is 15.8. The summed E-state index contributed by atoms with van der Waals surface area (Å²) in [6.07, 6.45) is -0.262. The molecule has 1 unspecified atom stereocenters. The smallest absolute Gasteiger partial charge is 0.534 e. The Kier molecular flexibility index (Phi) is 8.59. The van der Waals surface area contributed by atoms with Crippen molar-refractivity contribution >= 4 is 24.8 Å². The zero-order valence-electron chi connectivity index (χ0n) is 18.2.